The molecule has 0 radical (unpaired) electrons. The fraction of sp³-hybridized carbons (Fsp3) is 0.824. The lowest BCUT2D eigenvalue weighted by Crippen LogP contribution is -2.37. The molecule has 0 aromatic heterocycles. The summed E-state index contributed by atoms with van der Waals surface area (Å²) >= 11 is 0. The van der Waals surface area contributed by atoms with Gasteiger partial charge in [-0.1, -0.05) is 26.3 Å². The Morgan fingerprint density at radius 1 is 1.33 bits per heavy atom. The highest BCUT2D eigenvalue weighted by Crippen LogP contribution is 2.74. The van der Waals surface area contributed by atoms with Crippen molar-refractivity contribution in [2.75, 3.05) is 0 Å². The van der Waals surface area contributed by atoms with Crippen LogP contribution in [0.15, 0.2) is 11.1 Å². The SMILES string of the molecule is CC(=O)C1=C(C)[C@@H]2C[C@@]3(C1)[C@H](C)CC[C@@]3(C)C2C. The monoisotopic (exact) mass is 246 g/mol. The molecule has 2 saturated carbocycles. The minimum absolute atomic E-state index is 0.326. The Labute approximate surface area is 111 Å². The first kappa shape index (κ1) is 12.4. The summed E-state index contributed by atoms with van der Waals surface area (Å²) in [6, 6.07) is 0. The molecule has 2 bridgehead atoms. The van der Waals surface area contributed by atoms with Crippen molar-refractivity contribution in [1.29, 1.82) is 0 Å². The maximum absolute atomic E-state index is 12.0. The molecule has 3 rings (SSSR count). The third-order valence-electron chi connectivity index (χ3n) is 7.32. The number of rotatable bonds is 1. The Morgan fingerprint density at radius 3 is 2.61 bits per heavy atom. The van der Waals surface area contributed by atoms with Crippen molar-refractivity contribution in [3.63, 3.8) is 0 Å². The normalized spacial score (nSPS) is 50.6. The number of hydrogen-bond acceptors (Lipinski definition) is 1. The van der Waals surface area contributed by atoms with E-state index in [-0.39, 0.29) is 0 Å². The lowest BCUT2D eigenvalue weighted by Gasteiger charge is -2.44. The van der Waals surface area contributed by atoms with E-state index >= 15 is 0 Å². The van der Waals surface area contributed by atoms with E-state index in [9.17, 15) is 4.79 Å². The summed E-state index contributed by atoms with van der Waals surface area (Å²) in [5, 5.41) is 0. The van der Waals surface area contributed by atoms with Gasteiger partial charge in [0, 0.05) is 0 Å². The number of carbonyl (C=O) groups is 1. The average Bonchev–Trinajstić information content (AvgIpc) is 2.66. The summed E-state index contributed by atoms with van der Waals surface area (Å²) < 4.78 is 0. The predicted molar refractivity (Wildman–Crippen MR) is 74.2 cm³/mol. The fourth-order valence-electron chi connectivity index (χ4n) is 5.79. The molecular formula is C17H26O. The van der Waals surface area contributed by atoms with E-state index < -0.39 is 0 Å². The summed E-state index contributed by atoms with van der Waals surface area (Å²) in [6.07, 6.45) is 5.13. The van der Waals surface area contributed by atoms with Crippen molar-refractivity contribution in [3.8, 4) is 0 Å². The lowest BCUT2D eigenvalue weighted by molar-refractivity contribution is -0.114. The first-order chi connectivity index (χ1) is 8.33. The Bertz CT molecular complexity index is 447. The zero-order valence-electron chi connectivity index (χ0n) is 12.5. The van der Waals surface area contributed by atoms with Gasteiger partial charge in [0.1, 0.15) is 0 Å². The van der Waals surface area contributed by atoms with Crippen LogP contribution in [0.2, 0.25) is 0 Å². The van der Waals surface area contributed by atoms with Crippen LogP contribution in [0.3, 0.4) is 0 Å². The summed E-state index contributed by atoms with van der Waals surface area (Å²) in [6.45, 7) is 11.4. The number of carbonyl (C=O) groups excluding carboxylic acids is 1. The summed E-state index contributed by atoms with van der Waals surface area (Å²) in [7, 11) is 0. The minimum atomic E-state index is 0.326. The van der Waals surface area contributed by atoms with E-state index in [1.807, 2.05) is 0 Å². The van der Waals surface area contributed by atoms with Gasteiger partial charge in [0.05, 0.1) is 0 Å². The molecule has 0 aromatic carbocycles. The van der Waals surface area contributed by atoms with Crippen LogP contribution in [-0.4, -0.2) is 5.78 Å². The van der Waals surface area contributed by atoms with Gasteiger partial charge in [-0.05, 0) is 73.7 Å². The van der Waals surface area contributed by atoms with Crippen molar-refractivity contribution in [2.24, 2.45) is 28.6 Å². The molecule has 5 atom stereocenters. The van der Waals surface area contributed by atoms with Crippen molar-refractivity contribution in [2.45, 2.75) is 60.3 Å². The van der Waals surface area contributed by atoms with Gasteiger partial charge in [0.2, 0.25) is 0 Å². The number of hydrogen-bond donors (Lipinski definition) is 0. The van der Waals surface area contributed by atoms with Gasteiger partial charge in [0.15, 0.2) is 5.78 Å². The Kier molecular flexibility index (Phi) is 2.41. The van der Waals surface area contributed by atoms with Gasteiger partial charge < -0.3 is 0 Å². The molecule has 0 aromatic rings. The van der Waals surface area contributed by atoms with E-state index in [0.29, 0.717) is 22.5 Å². The van der Waals surface area contributed by atoms with Crippen molar-refractivity contribution in [1.82, 2.24) is 0 Å². The maximum Gasteiger partial charge on any atom is 0.155 e. The second kappa shape index (κ2) is 3.49. The highest BCUT2D eigenvalue weighted by atomic mass is 16.1. The largest absolute Gasteiger partial charge is 0.295 e. The van der Waals surface area contributed by atoms with Crippen LogP contribution >= 0.6 is 0 Å². The number of ketones is 1. The lowest BCUT2D eigenvalue weighted by atomic mass is 9.60. The van der Waals surface area contributed by atoms with Gasteiger partial charge in [-0.15, -0.1) is 0 Å². The minimum Gasteiger partial charge on any atom is -0.295 e. The molecule has 1 nitrogen and oxygen atoms in total. The fourth-order valence-corrected chi connectivity index (χ4v) is 5.79. The quantitative estimate of drug-likeness (QED) is 0.671. The Hall–Kier alpha value is -0.590. The van der Waals surface area contributed by atoms with E-state index in [1.54, 1.807) is 6.92 Å². The molecule has 0 N–H and O–H groups in total. The zero-order valence-corrected chi connectivity index (χ0v) is 12.5. The highest BCUT2D eigenvalue weighted by Gasteiger charge is 2.66. The maximum atomic E-state index is 12.0. The topological polar surface area (TPSA) is 17.1 Å². The number of Topliss-reactive ketones (excluding diaryl/α,β-unsaturated/α-hetero) is 1. The number of allylic oxidation sites excluding steroid dienone is 2. The van der Waals surface area contributed by atoms with Crippen LogP contribution in [0.4, 0.5) is 0 Å². The second-order valence-corrected chi connectivity index (χ2v) is 7.51. The van der Waals surface area contributed by atoms with E-state index in [1.165, 1.54) is 30.4 Å². The van der Waals surface area contributed by atoms with Gasteiger partial charge in [-0.2, -0.15) is 0 Å². The van der Waals surface area contributed by atoms with Crippen LogP contribution in [0.25, 0.3) is 0 Å². The predicted octanol–water partition coefficient (Wildman–Crippen LogP) is 4.37. The standard InChI is InChI=1S/C17H26O/c1-10-6-7-16(5)12(3)14-8-17(10,16)9-15(11(14)2)13(4)18/h10,12,14H,6-9H2,1-5H3/t10-,12?,14+,16+,17-/m1/s1. The summed E-state index contributed by atoms with van der Waals surface area (Å²) in [4.78, 5) is 12.0. The molecule has 3 aliphatic rings. The molecule has 0 aliphatic heterocycles. The first-order valence-corrected chi connectivity index (χ1v) is 7.54. The molecule has 0 saturated heterocycles. The molecule has 1 spiro atoms. The van der Waals surface area contributed by atoms with Gasteiger partial charge in [0.25, 0.3) is 0 Å². The highest BCUT2D eigenvalue weighted by molar-refractivity contribution is 5.94. The Morgan fingerprint density at radius 2 is 2.00 bits per heavy atom. The zero-order chi connectivity index (χ0) is 13.3. The summed E-state index contributed by atoms with van der Waals surface area (Å²) in [5.41, 5.74) is 3.49. The average molecular weight is 246 g/mol. The van der Waals surface area contributed by atoms with Crippen LogP contribution in [0, 0.1) is 28.6 Å². The molecular weight excluding hydrogens is 220 g/mol. The van der Waals surface area contributed by atoms with Crippen molar-refractivity contribution >= 4 is 5.78 Å². The molecule has 2 fully saturated rings. The molecule has 0 heterocycles. The molecule has 1 heteroatoms. The third kappa shape index (κ3) is 1.16. The summed E-state index contributed by atoms with van der Waals surface area (Å²) in [5.74, 6) is 2.54. The molecule has 3 aliphatic carbocycles. The third-order valence-corrected chi connectivity index (χ3v) is 7.32. The van der Waals surface area contributed by atoms with E-state index in [2.05, 4.69) is 27.7 Å². The van der Waals surface area contributed by atoms with Gasteiger partial charge >= 0.3 is 0 Å². The van der Waals surface area contributed by atoms with E-state index in [0.717, 1.165) is 18.3 Å². The molecule has 18 heavy (non-hydrogen) atoms. The molecule has 1 unspecified atom stereocenters. The molecule has 100 valence electrons. The van der Waals surface area contributed by atoms with Crippen molar-refractivity contribution in [3.05, 3.63) is 11.1 Å². The molecule has 0 amide bonds. The van der Waals surface area contributed by atoms with Crippen LogP contribution < -0.4 is 0 Å². The smallest absolute Gasteiger partial charge is 0.155 e. The van der Waals surface area contributed by atoms with Gasteiger partial charge in [-0.3, -0.25) is 4.79 Å². The Balaban J connectivity index is 2.15. The number of fused-ring (bicyclic) bond motifs is 1. The van der Waals surface area contributed by atoms with Gasteiger partial charge in [-0.25, -0.2) is 0 Å². The van der Waals surface area contributed by atoms with Crippen LogP contribution in [-0.2, 0) is 4.79 Å². The van der Waals surface area contributed by atoms with Crippen LogP contribution in [0.1, 0.15) is 60.3 Å². The van der Waals surface area contributed by atoms with Crippen molar-refractivity contribution < 1.29 is 4.79 Å². The van der Waals surface area contributed by atoms with E-state index in [4.69, 9.17) is 0 Å². The first-order valence-electron chi connectivity index (χ1n) is 7.54. The van der Waals surface area contributed by atoms with Crippen LogP contribution in [0.5, 0.6) is 0 Å². The second-order valence-electron chi connectivity index (χ2n) is 7.51.